The van der Waals surface area contributed by atoms with Crippen LogP contribution in [0.5, 0.6) is 17.2 Å². The molecule has 2 aromatic carbocycles. The third-order valence-electron chi connectivity index (χ3n) is 2.39. The van der Waals surface area contributed by atoms with Gasteiger partial charge in [-0.25, -0.2) is 0 Å². The maximum Gasteiger partial charge on any atom is 0.271 e. The van der Waals surface area contributed by atoms with Gasteiger partial charge >= 0.3 is 0 Å². The van der Waals surface area contributed by atoms with Crippen molar-refractivity contribution in [1.29, 1.82) is 0 Å². The first-order chi connectivity index (χ1) is 9.47. The lowest BCUT2D eigenvalue weighted by atomic mass is 10.2. The molecule has 0 bridgehead atoms. The van der Waals surface area contributed by atoms with E-state index in [2.05, 4.69) is 10.2 Å². The number of hydrogen-bond donors (Lipinski definition) is 3. The van der Waals surface area contributed by atoms with Crippen molar-refractivity contribution in [2.24, 2.45) is 10.2 Å². The molecule has 8 heteroatoms. The summed E-state index contributed by atoms with van der Waals surface area (Å²) in [7, 11) is 0. The van der Waals surface area contributed by atoms with E-state index < -0.39 is 4.92 Å². The summed E-state index contributed by atoms with van der Waals surface area (Å²) in [6.07, 6.45) is 0. The number of azo groups is 1. The first-order valence-corrected chi connectivity index (χ1v) is 5.38. The van der Waals surface area contributed by atoms with E-state index in [1.165, 1.54) is 12.1 Å². The van der Waals surface area contributed by atoms with Gasteiger partial charge in [-0.15, -0.1) is 10.2 Å². The lowest BCUT2D eigenvalue weighted by Crippen LogP contribution is -1.86. The van der Waals surface area contributed by atoms with Crippen molar-refractivity contribution in [3.05, 3.63) is 46.5 Å². The molecule has 0 saturated carbocycles. The van der Waals surface area contributed by atoms with Gasteiger partial charge in [0.1, 0.15) is 28.6 Å². The average Bonchev–Trinajstić information content (AvgIpc) is 2.39. The Morgan fingerprint density at radius 1 is 0.900 bits per heavy atom. The molecular weight excluding hydrogens is 266 g/mol. The lowest BCUT2D eigenvalue weighted by Gasteiger charge is -2.00. The molecule has 0 aliphatic rings. The minimum Gasteiger partial charge on any atom is -0.508 e. The Kier molecular flexibility index (Phi) is 3.47. The SMILES string of the molecule is O=[N+]([O-])c1ccc(O)c(N=Nc2ccc(O)cc2O)c1. The number of nitro groups is 1. The van der Waals surface area contributed by atoms with Crippen LogP contribution in [0.15, 0.2) is 46.6 Å². The fraction of sp³-hybridized carbons (Fsp3) is 0. The number of nitro benzene ring substituents is 1. The molecule has 0 atom stereocenters. The Morgan fingerprint density at radius 3 is 2.25 bits per heavy atom. The van der Waals surface area contributed by atoms with Crippen LogP contribution in [-0.4, -0.2) is 20.2 Å². The molecule has 8 nitrogen and oxygen atoms in total. The molecule has 0 aromatic heterocycles. The second kappa shape index (κ2) is 5.22. The second-order valence-electron chi connectivity index (χ2n) is 3.80. The largest absolute Gasteiger partial charge is 0.508 e. The molecule has 0 aliphatic heterocycles. The zero-order valence-electron chi connectivity index (χ0n) is 9.96. The molecule has 3 N–H and O–H groups in total. The van der Waals surface area contributed by atoms with E-state index in [9.17, 15) is 20.3 Å². The quantitative estimate of drug-likeness (QED) is 0.450. The van der Waals surface area contributed by atoms with Gasteiger partial charge in [-0.1, -0.05) is 0 Å². The maximum atomic E-state index is 10.6. The zero-order valence-corrected chi connectivity index (χ0v) is 9.96. The number of benzene rings is 2. The van der Waals surface area contributed by atoms with Crippen LogP contribution in [0.1, 0.15) is 0 Å². The molecule has 0 spiro atoms. The van der Waals surface area contributed by atoms with Crippen molar-refractivity contribution >= 4 is 17.1 Å². The van der Waals surface area contributed by atoms with Crippen molar-refractivity contribution in [2.45, 2.75) is 0 Å². The van der Waals surface area contributed by atoms with Crippen molar-refractivity contribution in [3.8, 4) is 17.2 Å². The Morgan fingerprint density at radius 2 is 1.60 bits per heavy atom. The smallest absolute Gasteiger partial charge is 0.271 e. The maximum absolute atomic E-state index is 10.6. The molecule has 0 heterocycles. The molecular formula is C12H9N3O5. The summed E-state index contributed by atoms with van der Waals surface area (Å²) < 4.78 is 0. The Bertz CT molecular complexity index is 699. The highest BCUT2D eigenvalue weighted by molar-refractivity contribution is 5.58. The van der Waals surface area contributed by atoms with Gasteiger partial charge in [-0.3, -0.25) is 10.1 Å². The van der Waals surface area contributed by atoms with Crippen LogP contribution in [0.2, 0.25) is 0 Å². The van der Waals surface area contributed by atoms with E-state index in [0.29, 0.717) is 0 Å². The van der Waals surface area contributed by atoms with Crippen LogP contribution < -0.4 is 0 Å². The highest BCUT2D eigenvalue weighted by Gasteiger charge is 2.10. The standard InChI is InChI=1S/C12H9N3O5/c16-8-2-3-9(12(18)6-8)13-14-10-5-7(15(19)20)1-4-11(10)17/h1-6,16-18H. The Balaban J connectivity index is 2.35. The number of nitrogens with zero attached hydrogens (tertiary/aromatic N) is 3. The number of aromatic hydroxyl groups is 3. The average molecular weight is 275 g/mol. The van der Waals surface area contributed by atoms with Crippen LogP contribution >= 0.6 is 0 Å². The Labute approximate surface area is 112 Å². The third-order valence-corrected chi connectivity index (χ3v) is 2.39. The van der Waals surface area contributed by atoms with E-state index >= 15 is 0 Å². The number of non-ortho nitro benzene ring substituents is 1. The minimum absolute atomic E-state index is 0.0497. The van der Waals surface area contributed by atoms with E-state index in [4.69, 9.17) is 5.11 Å². The van der Waals surface area contributed by atoms with E-state index in [-0.39, 0.29) is 34.3 Å². The molecule has 2 aromatic rings. The fourth-order valence-corrected chi connectivity index (χ4v) is 1.41. The topological polar surface area (TPSA) is 129 Å². The lowest BCUT2D eigenvalue weighted by molar-refractivity contribution is -0.384. The normalized spacial score (nSPS) is 10.8. The highest BCUT2D eigenvalue weighted by atomic mass is 16.6. The van der Waals surface area contributed by atoms with Gasteiger partial charge in [-0.2, -0.15) is 0 Å². The summed E-state index contributed by atoms with van der Waals surface area (Å²) in [5, 5.41) is 46.1. The molecule has 0 saturated heterocycles. The van der Waals surface area contributed by atoms with Crippen molar-refractivity contribution < 1.29 is 20.2 Å². The molecule has 0 aliphatic carbocycles. The highest BCUT2D eigenvalue weighted by Crippen LogP contribution is 2.34. The van der Waals surface area contributed by atoms with Crippen LogP contribution in [0.4, 0.5) is 17.1 Å². The molecule has 2 rings (SSSR count). The van der Waals surface area contributed by atoms with Crippen LogP contribution in [-0.2, 0) is 0 Å². The van der Waals surface area contributed by atoms with Gasteiger partial charge in [0, 0.05) is 18.2 Å². The Hall–Kier alpha value is -3.16. The van der Waals surface area contributed by atoms with E-state index in [0.717, 1.165) is 24.3 Å². The van der Waals surface area contributed by atoms with Crippen molar-refractivity contribution in [1.82, 2.24) is 0 Å². The first-order valence-electron chi connectivity index (χ1n) is 5.38. The predicted octanol–water partition coefficient (Wildman–Crippen LogP) is 3.13. The van der Waals surface area contributed by atoms with Gasteiger partial charge < -0.3 is 15.3 Å². The number of phenols is 3. The molecule has 0 amide bonds. The van der Waals surface area contributed by atoms with Gasteiger partial charge in [0.2, 0.25) is 0 Å². The summed E-state index contributed by atoms with van der Waals surface area (Å²) in [4.78, 5) is 9.99. The fourth-order valence-electron chi connectivity index (χ4n) is 1.41. The van der Waals surface area contributed by atoms with Crippen molar-refractivity contribution in [2.75, 3.05) is 0 Å². The van der Waals surface area contributed by atoms with Crippen LogP contribution in [0.3, 0.4) is 0 Å². The predicted molar refractivity (Wildman–Crippen MR) is 68.7 cm³/mol. The third kappa shape index (κ3) is 2.80. The summed E-state index contributed by atoms with van der Waals surface area (Å²) in [5.41, 5.74) is -0.299. The van der Waals surface area contributed by atoms with Gasteiger partial charge in [0.05, 0.1) is 4.92 Å². The van der Waals surface area contributed by atoms with Crippen molar-refractivity contribution in [3.63, 3.8) is 0 Å². The van der Waals surface area contributed by atoms with Crippen LogP contribution in [0, 0.1) is 10.1 Å². The molecule has 102 valence electrons. The molecule has 20 heavy (non-hydrogen) atoms. The summed E-state index contributed by atoms with van der Waals surface area (Å²) in [5.74, 6) is -0.726. The van der Waals surface area contributed by atoms with Gasteiger partial charge in [-0.05, 0) is 18.2 Å². The zero-order chi connectivity index (χ0) is 14.7. The second-order valence-corrected chi connectivity index (χ2v) is 3.80. The number of phenolic OH excluding ortho intramolecular Hbond substituents is 3. The van der Waals surface area contributed by atoms with Gasteiger partial charge in [0.15, 0.2) is 0 Å². The molecule has 0 unspecified atom stereocenters. The molecule has 0 fully saturated rings. The van der Waals surface area contributed by atoms with E-state index in [1.807, 2.05) is 0 Å². The first kappa shape index (κ1) is 13.3. The number of rotatable bonds is 3. The number of hydrogen-bond acceptors (Lipinski definition) is 7. The minimum atomic E-state index is -0.628. The van der Waals surface area contributed by atoms with Gasteiger partial charge in [0.25, 0.3) is 5.69 Å². The summed E-state index contributed by atoms with van der Waals surface area (Å²) in [6.45, 7) is 0. The van der Waals surface area contributed by atoms with E-state index in [1.54, 1.807) is 0 Å². The summed E-state index contributed by atoms with van der Waals surface area (Å²) >= 11 is 0. The van der Waals surface area contributed by atoms with Crippen LogP contribution in [0.25, 0.3) is 0 Å². The monoisotopic (exact) mass is 275 g/mol. The molecule has 0 radical (unpaired) electrons. The summed E-state index contributed by atoms with van der Waals surface area (Å²) in [6, 6.07) is 6.98.